The lowest BCUT2D eigenvalue weighted by atomic mass is 10.2. The lowest BCUT2D eigenvalue weighted by Gasteiger charge is -2.07. The molecule has 1 heterocycles. The van der Waals surface area contributed by atoms with E-state index in [1.807, 2.05) is 91.9 Å². The van der Waals surface area contributed by atoms with Gasteiger partial charge in [-0.25, -0.2) is 15.0 Å². The van der Waals surface area contributed by atoms with Crippen molar-refractivity contribution in [1.82, 2.24) is 19.9 Å². The Hall–Kier alpha value is -3.01. The van der Waals surface area contributed by atoms with Crippen molar-refractivity contribution in [3.05, 3.63) is 72.7 Å². The molecule has 0 amide bonds. The minimum Gasteiger partial charge on any atom is -0.383 e. The normalized spacial score (nSPS) is 10.9. The summed E-state index contributed by atoms with van der Waals surface area (Å²) in [6.45, 7) is 0. The van der Waals surface area contributed by atoms with E-state index in [1.165, 1.54) is 0 Å². The summed E-state index contributed by atoms with van der Waals surface area (Å²) in [5, 5.41) is 0. The van der Waals surface area contributed by atoms with Crippen LogP contribution in [0.2, 0.25) is 0 Å². The van der Waals surface area contributed by atoms with Gasteiger partial charge in [-0.2, -0.15) is 0 Å². The summed E-state index contributed by atoms with van der Waals surface area (Å²) in [7, 11) is 3.93. The van der Waals surface area contributed by atoms with Crippen LogP contribution in [0.4, 0.5) is 0 Å². The molecule has 0 fully saturated rings. The van der Waals surface area contributed by atoms with Crippen LogP contribution in [0, 0.1) is 0 Å². The molecular weight excluding hydrogens is 284 g/mol. The van der Waals surface area contributed by atoms with Gasteiger partial charge in [-0.05, 0) is 6.08 Å². The van der Waals surface area contributed by atoms with Crippen molar-refractivity contribution in [3.8, 4) is 22.8 Å². The monoisotopic (exact) mass is 302 g/mol. The van der Waals surface area contributed by atoms with Gasteiger partial charge in [0.1, 0.15) is 0 Å². The minimum absolute atomic E-state index is 0.645. The number of hydrogen-bond acceptors (Lipinski definition) is 4. The fraction of sp³-hybridized carbons (Fsp3) is 0.105. The molecule has 0 aliphatic rings. The Morgan fingerprint density at radius 1 is 0.696 bits per heavy atom. The second kappa shape index (κ2) is 6.83. The van der Waals surface area contributed by atoms with Gasteiger partial charge in [0.05, 0.1) is 0 Å². The third-order valence-corrected chi connectivity index (χ3v) is 3.24. The molecule has 0 bridgehead atoms. The van der Waals surface area contributed by atoms with Gasteiger partial charge in [0.2, 0.25) is 0 Å². The van der Waals surface area contributed by atoms with Crippen LogP contribution < -0.4 is 0 Å². The molecule has 0 unspecified atom stereocenters. The van der Waals surface area contributed by atoms with Crippen LogP contribution in [0.15, 0.2) is 66.9 Å². The number of aromatic nitrogens is 3. The van der Waals surface area contributed by atoms with Crippen molar-refractivity contribution in [2.45, 2.75) is 0 Å². The average molecular weight is 302 g/mol. The van der Waals surface area contributed by atoms with Gasteiger partial charge in [0.25, 0.3) is 0 Å². The molecule has 0 aliphatic carbocycles. The molecule has 0 spiro atoms. The molecular formula is C19H18N4. The Balaban J connectivity index is 2.11. The lowest BCUT2D eigenvalue weighted by Crippen LogP contribution is -2.03. The molecule has 23 heavy (non-hydrogen) atoms. The van der Waals surface area contributed by atoms with E-state index in [0.29, 0.717) is 17.5 Å². The third kappa shape index (κ3) is 3.80. The van der Waals surface area contributed by atoms with Gasteiger partial charge in [-0.3, -0.25) is 0 Å². The highest BCUT2D eigenvalue weighted by Crippen LogP contribution is 2.20. The largest absolute Gasteiger partial charge is 0.383 e. The summed E-state index contributed by atoms with van der Waals surface area (Å²) in [5.74, 6) is 2.00. The van der Waals surface area contributed by atoms with Crippen molar-refractivity contribution in [1.29, 1.82) is 0 Å². The van der Waals surface area contributed by atoms with Crippen molar-refractivity contribution < 1.29 is 0 Å². The van der Waals surface area contributed by atoms with Crippen molar-refractivity contribution in [2.24, 2.45) is 0 Å². The lowest BCUT2D eigenvalue weighted by molar-refractivity contribution is 0.567. The Labute approximate surface area is 136 Å². The van der Waals surface area contributed by atoms with Crippen molar-refractivity contribution >= 4 is 6.08 Å². The fourth-order valence-corrected chi connectivity index (χ4v) is 2.12. The molecule has 0 saturated carbocycles. The Morgan fingerprint density at radius 3 is 1.61 bits per heavy atom. The molecule has 0 saturated heterocycles. The zero-order valence-electron chi connectivity index (χ0n) is 13.2. The molecule has 0 atom stereocenters. The first-order valence-corrected chi connectivity index (χ1v) is 7.44. The van der Waals surface area contributed by atoms with E-state index in [0.717, 1.165) is 11.1 Å². The van der Waals surface area contributed by atoms with Crippen LogP contribution in [-0.2, 0) is 0 Å². The molecule has 1 aromatic heterocycles. The summed E-state index contributed by atoms with van der Waals surface area (Å²) in [6, 6.07) is 19.9. The van der Waals surface area contributed by atoms with E-state index in [2.05, 4.69) is 15.0 Å². The highest BCUT2D eigenvalue weighted by Gasteiger charge is 2.08. The highest BCUT2D eigenvalue weighted by molar-refractivity contribution is 5.62. The van der Waals surface area contributed by atoms with Crippen LogP contribution in [0.5, 0.6) is 0 Å². The van der Waals surface area contributed by atoms with Gasteiger partial charge in [-0.15, -0.1) is 0 Å². The quantitative estimate of drug-likeness (QED) is 0.736. The van der Waals surface area contributed by atoms with Gasteiger partial charge in [0, 0.05) is 31.4 Å². The van der Waals surface area contributed by atoms with Crippen LogP contribution in [0.1, 0.15) is 5.82 Å². The Kier molecular flexibility index (Phi) is 4.43. The van der Waals surface area contributed by atoms with Crippen LogP contribution in [0.25, 0.3) is 28.9 Å². The van der Waals surface area contributed by atoms with Gasteiger partial charge >= 0.3 is 0 Å². The predicted octanol–water partition coefficient (Wildman–Crippen LogP) is 3.74. The standard InChI is InChI=1S/C19H18N4/c1-23(2)14-13-17-20-18(15-9-5-3-6-10-15)22-19(21-17)16-11-7-4-8-12-16/h3-14H,1-2H3. The first-order valence-electron chi connectivity index (χ1n) is 7.44. The van der Waals surface area contributed by atoms with Gasteiger partial charge in [0.15, 0.2) is 17.5 Å². The summed E-state index contributed by atoms with van der Waals surface area (Å²) >= 11 is 0. The number of nitrogens with zero attached hydrogens (tertiary/aromatic N) is 4. The fourth-order valence-electron chi connectivity index (χ4n) is 2.12. The zero-order chi connectivity index (χ0) is 16.1. The maximum Gasteiger partial charge on any atom is 0.164 e. The van der Waals surface area contributed by atoms with E-state index >= 15 is 0 Å². The second-order valence-corrected chi connectivity index (χ2v) is 5.35. The predicted molar refractivity (Wildman–Crippen MR) is 93.4 cm³/mol. The van der Waals surface area contributed by atoms with Crippen molar-refractivity contribution in [2.75, 3.05) is 14.1 Å². The van der Waals surface area contributed by atoms with Crippen LogP contribution in [0.3, 0.4) is 0 Å². The van der Waals surface area contributed by atoms with E-state index < -0.39 is 0 Å². The number of hydrogen-bond donors (Lipinski definition) is 0. The molecule has 0 radical (unpaired) electrons. The summed E-state index contributed by atoms with van der Waals surface area (Å²) in [6.07, 6.45) is 3.82. The first kappa shape index (κ1) is 14.9. The van der Waals surface area contributed by atoms with E-state index in [4.69, 9.17) is 0 Å². The molecule has 114 valence electrons. The van der Waals surface area contributed by atoms with Crippen molar-refractivity contribution in [3.63, 3.8) is 0 Å². The maximum absolute atomic E-state index is 4.63. The summed E-state index contributed by atoms with van der Waals surface area (Å²) < 4.78 is 0. The average Bonchev–Trinajstić information content (AvgIpc) is 2.61. The topological polar surface area (TPSA) is 41.9 Å². The molecule has 4 nitrogen and oxygen atoms in total. The smallest absolute Gasteiger partial charge is 0.164 e. The minimum atomic E-state index is 0.645. The van der Waals surface area contributed by atoms with Crippen LogP contribution >= 0.6 is 0 Å². The van der Waals surface area contributed by atoms with E-state index in [-0.39, 0.29) is 0 Å². The first-order chi connectivity index (χ1) is 11.2. The second-order valence-electron chi connectivity index (χ2n) is 5.35. The van der Waals surface area contributed by atoms with E-state index in [9.17, 15) is 0 Å². The zero-order valence-corrected chi connectivity index (χ0v) is 13.2. The highest BCUT2D eigenvalue weighted by atomic mass is 15.1. The third-order valence-electron chi connectivity index (χ3n) is 3.24. The number of benzene rings is 2. The van der Waals surface area contributed by atoms with Gasteiger partial charge in [-0.1, -0.05) is 60.7 Å². The Morgan fingerprint density at radius 2 is 1.17 bits per heavy atom. The number of rotatable bonds is 4. The SMILES string of the molecule is CN(C)C=Cc1nc(-c2ccccc2)nc(-c2ccccc2)n1. The molecule has 2 aromatic carbocycles. The molecule has 3 rings (SSSR count). The molecule has 4 heteroatoms. The van der Waals surface area contributed by atoms with E-state index in [1.54, 1.807) is 0 Å². The molecule has 3 aromatic rings. The van der Waals surface area contributed by atoms with Crippen LogP contribution in [-0.4, -0.2) is 33.9 Å². The molecule has 0 aliphatic heterocycles. The summed E-state index contributed by atoms with van der Waals surface area (Å²) in [5.41, 5.74) is 1.96. The summed E-state index contributed by atoms with van der Waals surface area (Å²) in [4.78, 5) is 15.7. The maximum atomic E-state index is 4.63. The van der Waals surface area contributed by atoms with Gasteiger partial charge < -0.3 is 4.90 Å². The molecule has 0 N–H and O–H groups in total. The Bertz CT molecular complexity index is 738.